The number of carbonyl (C=O) groups is 8. The van der Waals surface area contributed by atoms with Gasteiger partial charge >= 0.3 is 0 Å². The number of ether oxygens (including phenoxy) is 8. The summed E-state index contributed by atoms with van der Waals surface area (Å²) in [4.78, 5) is 134. The monoisotopic (exact) mass is 1980 g/mol. The average Bonchev–Trinajstić information content (AvgIpc) is 1.55. The predicted molar refractivity (Wildman–Crippen MR) is 499 cm³/mol. The van der Waals surface area contributed by atoms with Crippen molar-refractivity contribution in [1.29, 1.82) is 0 Å². The number of halogens is 8. The lowest BCUT2D eigenvalue weighted by Crippen LogP contribution is -2.11. The highest BCUT2D eigenvalue weighted by Gasteiger charge is 2.35. The number of benzene rings is 4. The lowest BCUT2D eigenvalue weighted by atomic mass is 10.00. The summed E-state index contributed by atoms with van der Waals surface area (Å²) >= 11 is 13.8. The molecule has 0 bridgehead atoms. The minimum absolute atomic E-state index is 0.0660. The smallest absolute Gasteiger partial charge is 0.247 e. The third kappa shape index (κ3) is 21.8. The number of nitrogens with one attached hydrogen (secondary N) is 4. The van der Waals surface area contributed by atoms with Crippen LogP contribution >= 0.6 is 34.5 Å². The van der Waals surface area contributed by atoms with E-state index >= 15 is 0 Å². The SMILES string of the molecule is C=CC(=O)Nc1cn(C)nc1Cc1ncc2c(n1)C=C(C(=O)c1c(Cl)c(OC)cc(OC)c1Cl)C2.C=CC(=O)Nc1cn(C)nc1Cc1ncc2c(n1)C=C(C(=O)c1c(F)c(OC)cc(OC)c1F)C2.C=CC(=O)Nc1cn(C)nc1Cc1ncc2oc(C(=O)c3c(F)c(OC)cc(OC)c3F)cc2n1.C=CC(=O)Nc1cn(C)nc1Cc1ncc2sc(C(=O)c3c(F)c(OC)cc(OC)c3F)cc2n1. The van der Waals surface area contributed by atoms with Crippen LogP contribution in [0.25, 0.3) is 33.5 Å². The van der Waals surface area contributed by atoms with Crippen molar-refractivity contribution < 1.29 is 107 Å². The summed E-state index contributed by atoms with van der Waals surface area (Å²) in [6.45, 7) is 13.7. The molecular weight excluding hydrogens is 1900 g/mol. The first-order valence-electron chi connectivity index (χ1n) is 41.1. The molecule has 0 atom stereocenters. The molecule has 14 aromatic rings. The molecule has 0 fully saturated rings. The Hall–Kier alpha value is -16.9. The van der Waals surface area contributed by atoms with Crippen LogP contribution in [0.1, 0.15) is 121 Å². The number of fused-ring (bicyclic) bond motifs is 4. The van der Waals surface area contributed by atoms with Crippen LogP contribution in [0.2, 0.25) is 10.0 Å². The zero-order valence-electron chi connectivity index (χ0n) is 76.1. The number of anilines is 4. The molecular formula is C94H80Cl2F6N20O17S. The van der Waals surface area contributed by atoms with Gasteiger partial charge in [0.1, 0.15) is 57.0 Å². The number of amides is 4. The number of carbonyl (C=O) groups excluding carboxylic acids is 8. The van der Waals surface area contributed by atoms with E-state index in [1.54, 1.807) is 85.5 Å². The van der Waals surface area contributed by atoms with E-state index in [4.69, 9.17) is 65.5 Å². The van der Waals surface area contributed by atoms with Crippen molar-refractivity contribution in [2.75, 3.05) is 78.1 Å². The summed E-state index contributed by atoms with van der Waals surface area (Å²) in [6, 6.07) is 7.30. The van der Waals surface area contributed by atoms with Crippen LogP contribution < -0.4 is 59.2 Å². The van der Waals surface area contributed by atoms with E-state index in [1.807, 2.05) is 0 Å². The van der Waals surface area contributed by atoms with E-state index < -0.39 is 74.9 Å². The van der Waals surface area contributed by atoms with Gasteiger partial charge in [0.25, 0.3) is 0 Å². The number of ketones is 4. The van der Waals surface area contributed by atoms with Gasteiger partial charge in [-0.2, -0.15) is 20.4 Å². The minimum Gasteiger partial charge on any atom is -0.495 e. The van der Waals surface area contributed by atoms with Crippen molar-refractivity contribution >= 4 is 138 Å². The Morgan fingerprint density at radius 2 is 0.693 bits per heavy atom. The van der Waals surface area contributed by atoms with E-state index in [1.165, 1.54) is 104 Å². The summed E-state index contributed by atoms with van der Waals surface area (Å²) in [7, 11) is 16.9. The topological polar surface area (TPSA) is 446 Å². The lowest BCUT2D eigenvalue weighted by molar-refractivity contribution is -0.112. The maximum absolute atomic E-state index is 14.8. The molecule has 16 rings (SSSR count). The number of hydrogen-bond acceptors (Lipinski definition) is 30. The van der Waals surface area contributed by atoms with Gasteiger partial charge in [0.2, 0.25) is 35.2 Å². The second-order valence-corrected chi connectivity index (χ2v) is 31.8. The second kappa shape index (κ2) is 43.4. The molecule has 4 aromatic carbocycles. The molecule has 0 spiro atoms. The number of rotatable bonds is 32. The van der Waals surface area contributed by atoms with Crippen LogP contribution in [0.15, 0.2) is 152 Å². The molecule has 46 heteroatoms. The molecule has 0 saturated carbocycles. The van der Waals surface area contributed by atoms with Crippen LogP contribution in [-0.2, 0) is 85.9 Å². The van der Waals surface area contributed by atoms with Crippen LogP contribution in [-0.4, -0.2) is 183 Å². The molecule has 0 saturated heterocycles. The highest BCUT2D eigenvalue weighted by molar-refractivity contribution is 7.20. The van der Waals surface area contributed by atoms with Crippen molar-refractivity contribution in [3.05, 3.63) is 294 Å². The summed E-state index contributed by atoms with van der Waals surface area (Å²) < 4.78 is 141. The maximum atomic E-state index is 14.8. The Labute approximate surface area is 804 Å². The molecule has 0 radical (unpaired) electrons. The number of hydrogen-bond donors (Lipinski definition) is 4. The van der Waals surface area contributed by atoms with Gasteiger partial charge in [-0.3, -0.25) is 57.1 Å². The Morgan fingerprint density at radius 1 is 0.393 bits per heavy atom. The fourth-order valence-corrected chi connectivity index (χ4v) is 15.8. The maximum Gasteiger partial charge on any atom is 0.247 e. The summed E-state index contributed by atoms with van der Waals surface area (Å²) in [5, 5.41) is 28.3. The van der Waals surface area contributed by atoms with Crippen molar-refractivity contribution in [3.8, 4) is 46.0 Å². The Morgan fingerprint density at radius 3 is 1.04 bits per heavy atom. The Bertz CT molecular complexity index is 6950. The number of allylic oxidation sites excluding steroid dienone is 2. The van der Waals surface area contributed by atoms with Gasteiger partial charge in [0.05, 0.1) is 176 Å². The van der Waals surface area contributed by atoms with Gasteiger partial charge in [0, 0.05) is 137 Å². The fraction of sp³-hybridized carbons (Fsp3) is 0.191. The van der Waals surface area contributed by atoms with E-state index in [9.17, 15) is 64.7 Å². The number of nitrogens with zero attached hydrogens (tertiary/aromatic N) is 16. The first-order chi connectivity index (χ1) is 67.0. The third-order valence-electron chi connectivity index (χ3n) is 20.9. The molecule has 720 valence electrons. The largest absolute Gasteiger partial charge is 0.495 e. The van der Waals surface area contributed by atoms with E-state index in [0.717, 1.165) is 53.3 Å². The molecule has 2 aliphatic rings. The third-order valence-corrected chi connectivity index (χ3v) is 22.7. The zero-order chi connectivity index (χ0) is 101. The molecule has 0 aliphatic heterocycles. The quantitative estimate of drug-likeness (QED) is 0.0173. The van der Waals surface area contributed by atoms with E-state index in [-0.39, 0.29) is 145 Å². The molecule has 4 amide bonds. The van der Waals surface area contributed by atoms with Gasteiger partial charge in [-0.1, -0.05) is 49.5 Å². The normalized spacial score (nSPS) is 11.5. The number of thiophene rings is 1. The van der Waals surface area contributed by atoms with E-state index in [2.05, 4.69) is 108 Å². The zero-order valence-corrected chi connectivity index (χ0v) is 78.5. The molecule has 2 aliphatic carbocycles. The summed E-state index contributed by atoms with van der Waals surface area (Å²) in [6.07, 6.45) is 21.7. The number of aromatic nitrogens is 16. The van der Waals surface area contributed by atoms with Crippen molar-refractivity contribution in [2.24, 2.45) is 28.2 Å². The molecule has 10 aromatic heterocycles. The molecule has 140 heavy (non-hydrogen) atoms. The average molecular weight is 1980 g/mol. The molecule has 37 nitrogen and oxygen atoms in total. The first kappa shape index (κ1) is 101. The first-order valence-corrected chi connectivity index (χ1v) is 42.6. The fourth-order valence-electron chi connectivity index (χ4n) is 14.2. The molecule has 10 heterocycles. The predicted octanol–water partition coefficient (Wildman–Crippen LogP) is 14.0. The summed E-state index contributed by atoms with van der Waals surface area (Å²) in [5.41, 5.74) is 5.73. The van der Waals surface area contributed by atoms with Crippen LogP contribution in [0, 0.1) is 34.9 Å². The highest BCUT2D eigenvalue weighted by Crippen LogP contribution is 2.44. The van der Waals surface area contributed by atoms with Gasteiger partial charge in [-0.15, -0.1) is 11.3 Å². The van der Waals surface area contributed by atoms with Gasteiger partial charge in [0.15, 0.2) is 92.3 Å². The van der Waals surface area contributed by atoms with Crippen molar-refractivity contribution in [2.45, 2.75) is 38.5 Å². The molecule has 0 unspecified atom stereocenters. The van der Waals surface area contributed by atoms with Crippen LogP contribution in [0.5, 0.6) is 46.0 Å². The minimum atomic E-state index is -1.19. The standard InChI is InChI=1S/C24H21Cl2N5O4.C24H21F2N5O4.C23H19F2N5O5.C23H19F2N5O4S/c2*1-5-20(32)29-16-11-31(2)30-15(16)8-19-27-10-13-6-12(7-14(13)28-19)24(33)21-22(25)17(34-3)9-18(35-4)23(21)26;2*1-5-19(31)28-13-10-30(2)29-11(13)7-18-26-9-17-12(27-18)6-16(35-17)23(32)20-21(24)14(33-3)8-15(34-4)22(20)25/h2*5,7,9-11H,1,6,8H2,2-4H3,(H,29,32);2*5-6,8-10H,1,7H2,2-4H3,(H,28,31). The molecule has 4 N–H and O–H groups in total. The van der Waals surface area contributed by atoms with Crippen molar-refractivity contribution in [3.63, 3.8) is 0 Å². The lowest BCUT2D eigenvalue weighted by Gasteiger charge is -2.14. The number of methoxy groups -OCH3 is 8. The summed E-state index contributed by atoms with van der Waals surface area (Å²) in [5.74, 6) is -11.6. The van der Waals surface area contributed by atoms with Gasteiger partial charge in [-0.25, -0.2) is 66.2 Å². The van der Waals surface area contributed by atoms with Crippen LogP contribution in [0.4, 0.5) is 49.1 Å². The second-order valence-electron chi connectivity index (χ2n) is 30.0. The highest BCUT2D eigenvalue weighted by atomic mass is 35.5. The number of Topliss-reactive ketones (excluding diaryl/α,β-unsaturated/α-hetero) is 2. The van der Waals surface area contributed by atoms with Gasteiger partial charge in [-0.05, 0) is 42.5 Å². The Balaban J connectivity index is 0.000000157. The number of furan rings is 1. The number of aryl methyl sites for hydroxylation is 4. The van der Waals surface area contributed by atoms with E-state index in [0.29, 0.717) is 108 Å². The Kier molecular flexibility index (Phi) is 31.2. The van der Waals surface area contributed by atoms with Crippen LogP contribution in [0.3, 0.4) is 0 Å². The van der Waals surface area contributed by atoms with Gasteiger partial charge < -0.3 is 63.6 Å². The van der Waals surface area contributed by atoms with Crippen molar-refractivity contribution in [1.82, 2.24) is 79.0 Å².